The minimum absolute atomic E-state index is 0.0874. The zero-order valence-electron chi connectivity index (χ0n) is 24.2. The van der Waals surface area contributed by atoms with Gasteiger partial charge in [-0.3, -0.25) is 23.6 Å². The Morgan fingerprint density at radius 1 is 1.13 bits per heavy atom. The lowest BCUT2D eigenvalue weighted by molar-refractivity contribution is -0.0465. The molecule has 0 spiro atoms. The highest BCUT2D eigenvalue weighted by Gasteiger charge is 2.36. The van der Waals surface area contributed by atoms with Crippen LogP contribution in [0.5, 0.6) is 0 Å². The van der Waals surface area contributed by atoms with Crippen molar-refractivity contribution in [2.75, 3.05) is 26.2 Å². The van der Waals surface area contributed by atoms with Gasteiger partial charge in [-0.2, -0.15) is 0 Å². The number of rotatable bonds is 5. The van der Waals surface area contributed by atoms with Gasteiger partial charge in [0.25, 0.3) is 11.5 Å². The standard InChI is InChI=1S/C31H30ClF2N5O6/c1-18-14-38(30(42)43)24(15-45-18)19-5-7-20(8-6-19)39-25(32)13-22-27(39)35-17-37(29(22)41)16-31(44)9-11-36(12-10-31)28(40)21-3-2-4-23(33)26(21)34/h2-8,13,17-18,24,44H,9-12,14-16H2,1H3,(H,42,43)/t18-,24-/m0/s1. The molecule has 2 aliphatic rings. The predicted octanol–water partition coefficient (Wildman–Crippen LogP) is 4.23. The molecule has 0 aliphatic carbocycles. The van der Waals surface area contributed by atoms with E-state index in [2.05, 4.69) is 4.98 Å². The number of hydrogen-bond acceptors (Lipinski definition) is 6. The van der Waals surface area contributed by atoms with Gasteiger partial charge in [0.1, 0.15) is 11.5 Å². The van der Waals surface area contributed by atoms with Crippen LogP contribution in [0.25, 0.3) is 16.7 Å². The fourth-order valence-corrected chi connectivity index (χ4v) is 6.31. The third-order valence-electron chi connectivity index (χ3n) is 8.52. The van der Waals surface area contributed by atoms with Crippen LogP contribution in [-0.4, -0.2) is 84.1 Å². The second kappa shape index (κ2) is 11.9. The van der Waals surface area contributed by atoms with E-state index in [0.717, 1.165) is 11.6 Å². The van der Waals surface area contributed by atoms with Crippen LogP contribution in [0.3, 0.4) is 0 Å². The van der Waals surface area contributed by atoms with Crippen molar-refractivity contribution in [1.82, 2.24) is 23.9 Å². The third kappa shape index (κ3) is 5.78. The summed E-state index contributed by atoms with van der Waals surface area (Å²) in [5.41, 5.74) is -0.471. The van der Waals surface area contributed by atoms with Crippen LogP contribution < -0.4 is 5.56 Å². The van der Waals surface area contributed by atoms with Crippen molar-refractivity contribution < 1.29 is 33.3 Å². The Labute approximate surface area is 260 Å². The smallest absolute Gasteiger partial charge is 0.407 e. The lowest BCUT2D eigenvalue weighted by Crippen LogP contribution is -2.49. The van der Waals surface area contributed by atoms with Gasteiger partial charge in [-0.1, -0.05) is 29.8 Å². The molecule has 2 aromatic carbocycles. The maximum atomic E-state index is 14.2. The van der Waals surface area contributed by atoms with Crippen LogP contribution >= 0.6 is 11.6 Å². The summed E-state index contributed by atoms with van der Waals surface area (Å²) < 4.78 is 36.4. The van der Waals surface area contributed by atoms with Crippen molar-refractivity contribution in [1.29, 1.82) is 0 Å². The number of carboxylic acid groups (broad SMARTS) is 1. The molecule has 14 heteroatoms. The lowest BCUT2D eigenvalue weighted by atomic mass is 9.91. The van der Waals surface area contributed by atoms with Gasteiger partial charge < -0.3 is 19.8 Å². The van der Waals surface area contributed by atoms with Crippen molar-refractivity contribution in [3.8, 4) is 5.69 Å². The number of nitrogens with zero attached hydrogens (tertiary/aromatic N) is 5. The fraction of sp³-hybridized carbons (Fsp3) is 0.355. The first-order valence-electron chi connectivity index (χ1n) is 14.4. The molecule has 45 heavy (non-hydrogen) atoms. The van der Waals surface area contributed by atoms with E-state index in [1.54, 1.807) is 28.8 Å². The summed E-state index contributed by atoms with van der Waals surface area (Å²) in [4.78, 5) is 45.2. The van der Waals surface area contributed by atoms with Crippen LogP contribution in [0.2, 0.25) is 5.15 Å². The van der Waals surface area contributed by atoms with Gasteiger partial charge in [0.2, 0.25) is 0 Å². The van der Waals surface area contributed by atoms with E-state index in [1.807, 2.05) is 6.92 Å². The van der Waals surface area contributed by atoms with Crippen LogP contribution in [0.4, 0.5) is 13.6 Å². The third-order valence-corrected chi connectivity index (χ3v) is 8.80. The number of aromatic nitrogens is 3. The molecule has 236 valence electrons. The molecule has 2 saturated heterocycles. The molecule has 2 N–H and O–H groups in total. The largest absolute Gasteiger partial charge is 0.465 e. The van der Waals surface area contributed by atoms with E-state index < -0.39 is 40.8 Å². The molecular weight excluding hydrogens is 612 g/mol. The quantitative estimate of drug-likeness (QED) is 0.334. The van der Waals surface area contributed by atoms with Crippen LogP contribution in [0.15, 0.2) is 59.7 Å². The molecule has 0 saturated carbocycles. The number of piperidine rings is 1. The summed E-state index contributed by atoms with van der Waals surface area (Å²) in [7, 11) is 0. The van der Waals surface area contributed by atoms with Gasteiger partial charge in [-0.15, -0.1) is 0 Å². The van der Waals surface area contributed by atoms with Crippen LogP contribution in [0.1, 0.15) is 41.7 Å². The van der Waals surface area contributed by atoms with Crippen molar-refractivity contribution in [2.45, 2.75) is 44.1 Å². The summed E-state index contributed by atoms with van der Waals surface area (Å²) in [5.74, 6) is -2.99. The highest BCUT2D eigenvalue weighted by atomic mass is 35.5. The molecule has 2 fully saturated rings. The van der Waals surface area contributed by atoms with Gasteiger partial charge >= 0.3 is 6.09 Å². The molecule has 0 unspecified atom stereocenters. The summed E-state index contributed by atoms with van der Waals surface area (Å²) >= 11 is 6.56. The topological polar surface area (TPSA) is 130 Å². The summed E-state index contributed by atoms with van der Waals surface area (Å²) in [6.45, 7) is 2.39. The maximum absolute atomic E-state index is 14.2. The summed E-state index contributed by atoms with van der Waals surface area (Å²) in [6, 6.07) is 11.5. The molecule has 6 rings (SSSR count). The second-order valence-corrected chi connectivity index (χ2v) is 11.9. The van der Waals surface area contributed by atoms with E-state index in [0.29, 0.717) is 11.3 Å². The molecule has 2 amide bonds. The minimum Gasteiger partial charge on any atom is -0.465 e. The number of morpholine rings is 1. The Kier molecular flexibility index (Phi) is 8.10. The highest BCUT2D eigenvalue weighted by Crippen LogP contribution is 2.30. The second-order valence-electron chi connectivity index (χ2n) is 11.5. The van der Waals surface area contributed by atoms with Gasteiger partial charge in [0.15, 0.2) is 17.3 Å². The number of carbonyl (C=O) groups excluding carboxylic acids is 1. The van der Waals surface area contributed by atoms with Gasteiger partial charge in [0, 0.05) is 18.8 Å². The first-order valence-corrected chi connectivity index (χ1v) is 14.8. The summed E-state index contributed by atoms with van der Waals surface area (Å²) in [5, 5.41) is 21.4. The van der Waals surface area contributed by atoms with Gasteiger partial charge in [-0.25, -0.2) is 18.6 Å². The Morgan fingerprint density at radius 3 is 2.53 bits per heavy atom. The molecule has 0 radical (unpaired) electrons. The average molecular weight is 642 g/mol. The highest BCUT2D eigenvalue weighted by molar-refractivity contribution is 6.31. The van der Waals surface area contributed by atoms with E-state index in [-0.39, 0.29) is 67.8 Å². The van der Waals surface area contributed by atoms with Crippen molar-refractivity contribution >= 4 is 34.6 Å². The van der Waals surface area contributed by atoms with E-state index in [9.17, 15) is 33.4 Å². The first kappa shape index (κ1) is 30.7. The number of halogens is 3. The van der Waals surface area contributed by atoms with E-state index in [4.69, 9.17) is 16.3 Å². The zero-order chi connectivity index (χ0) is 32.0. The zero-order valence-corrected chi connectivity index (χ0v) is 25.0. The Balaban J connectivity index is 1.19. The molecule has 0 bridgehead atoms. The number of ether oxygens (including phenoxy) is 1. The molecular formula is C31H30ClF2N5O6. The first-order chi connectivity index (χ1) is 21.5. The lowest BCUT2D eigenvalue weighted by Gasteiger charge is -2.38. The molecule has 11 nitrogen and oxygen atoms in total. The minimum atomic E-state index is -1.34. The van der Waals surface area contributed by atoms with E-state index >= 15 is 0 Å². The maximum Gasteiger partial charge on any atom is 0.407 e. The van der Waals surface area contributed by atoms with E-state index in [1.165, 1.54) is 38.9 Å². The summed E-state index contributed by atoms with van der Waals surface area (Å²) in [6.07, 6.45) is 0.320. The van der Waals surface area contributed by atoms with Crippen molar-refractivity contribution in [3.05, 3.63) is 93.1 Å². The average Bonchev–Trinajstić information content (AvgIpc) is 3.36. The number of amides is 2. The predicted molar refractivity (Wildman–Crippen MR) is 160 cm³/mol. The number of fused-ring (bicyclic) bond motifs is 1. The monoisotopic (exact) mass is 641 g/mol. The van der Waals surface area contributed by atoms with Crippen LogP contribution in [0, 0.1) is 11.6 Å². The van der Waals surface area contributed by atoms with Crippen LogP contribution in [-0.2, 0) is 11.3 Å². The number of carbonyl (C=O) groups is 2. The Morgan fingerprint density at radius 2 is 1.84 bits per heavy atom. The Bertz CT molecular complexity index is 1840. The Hall–Kier alpha value is -4.33. The molecule has 2 aliphatic heterocycles. The van der Waals surface area contributed by atoms with Crippen molar-refractivity contribution in [3.63, 3.8) is 0 Å². The number of hydrogen-bond donors (Lipinski definition) is 2. The number of aliphatic hydroxyl groups is 1. The molecule has 4 aromatic rings. The van der Waals surface area contributed by atoms with Crippen molar-refractivity contribution in [2.24, 2.45) is 0 Å². The SMILES string of the molecule is C[C@H]1CN(C(=O)O)[C@H](c2ccc(-n3c(Cl)cc4c(=O)n(CC5(O)CCN(C(=O)c6cccc(F)c6F)CC5)cnc43)cc2)CO1. The molecule has 2 aromatic heterocycles. The normalized spacial score (nSPS) is 20.0. The number of likely N-dealkylation sites (tertiary alicyclic amines) is 1. The fourth-order valence-electron chi connectivity index (χ4n) is 6.02. The van der Waals surface area contributed by atoms with Gasteiger partial charge in [0.05, 0.1) is 48.4 Å². The molecule has 2 atom stereocenters. The van der Waals surface area contributed by atoms with Gasteiger partial charge in [-0.05, 0) is 55.7 Å². The molecule has 4 heterocycles. The number of benzene rings is 2.